The van der Waals surface area contributed by atoms with Crippen molar-refractivity contribution in [3.8, 4) is 16.9 Å². The first-order valence-electron chi connectivity index (χ1n) is 6.08. The van der Waals surface area contributed by atoms with Crippen LogP contribution < -0.4 is 0 Å². The van der Waals surface area contributed by atoms with Gasteiger partial charge in [-0.3, -0.25) is 0 Å². The second kappa shape index (κ2) is 4.73. The molecule has 3 aromatic rings. The summed E-state index contributed by atoms with van der Waals surface area (Å²) in [5.74, 6) is 0.0319. The van der Waals surface area contributed by atoms with Crippen LogP contribution in [0, 0.1) is 0 Å². The number of phenols is 1. The average Bonchev–Trinajstić information content (AvgIpc) is 2.45. The Morgan fingerprint density at radius 2 is 1.76 bits per heavy atom. The Labute approximate surface area is 117 Å². The number of aromatic nitrogens is 2. The molecule has 3 rings (SSSR count). The van der Waals surface area contributed by atoms with Gasteiger partial charge in [-0.1, -0.05) is 24.3 Å². The van der Waals surface area contributed by atoms with Crippen molar-refractivity contribution in [1.29, 1.82) is 0 Å². The van der Waals surface area contributed by atoms with Crippen molar-refractivity contribution in [1.82, 2.24) is 10.2 Å². The summed E-state index contributed by atoms with van der Waals surface area (Å²) in [7, 11) is 0. The van der Waals surface area contributed by atoms with Crippen molar-refractivity contribution in [2.75, 3.05) is 0 Å². The van der Waals surface area contributed by atoms with Crippen LogP contribution in [0.3, 0.4) is 0 Å². The largest absolute Gasteiger partial charge is 0.508 e. The number of rotatable bonds is 1. The summed E-state index contributed by atoms with van der Waals surface area (Å²) in [5, 5.41) is 17.1. The summed E-state index contributed by atoms with van der Waals surface area (Å²) in [6.45, 7) is 0. The number of fused-ring (bicyclic) bond motifs is 1. The fourth-order valence-electron chi connectivity index (χ4n) is 2.21. The maximum absolute atomic E-state index is 13.0. The Morgan fingerprint density at radius 3 is 2.48 bits per heavy atom. The normalized spacial score (nSPS) is 11.8. The Bertz CT molecular complexity index is 815. The van der Waals surface area contributed by atoms with Gasteiger partial charge in [-0.15, -0.1) is 5.10 Å². The van der Waals surface area contributed by atoms with E-state index < -0.39 is 11.7 Å². The molecule has 3 nitrogen and oxygen atoms in total. The van der Waals surface area contributed by atoms with E-state index in [4.69, 9.17) is 0 Å². The third-order valence-electron chi connectivity index (χ3n) is 3.13. The van der Waals surface area contributed by atoms with E-state index in [-0.39, 0.29) is 11.3 Å². The maximum atomic E-state index is 13.0. The highest BCUT2D eigenvalue weighted by Crippen LogP contribution is 2.36. The van der Waals surface area contributed by atoms with E-state index >= 15 is 0 Å². The molecule has 0 saturated carbocycles. The lowest BCUT2D eigenvalue weighted by Crippen LogP contribution is -2.07. The molecule has 0 bridgehead atoms. The summed E-state index contributed by atoms with van der Waals surface area (Å²) in [6.07, 6.45) is -3.11. The van der Waals surface area contributed by atoms with Gasteiger partial charge in [0.2, 0.25) is 0 Å². The molecule has 0 aliphatic carbocycles. The number of nitrogens with zero attached hydrogens (tertiary/aromatic N) is 2. The lowest BCUT2D eigenvalue weighted by atomic mass is 10.0. The van der Waals surface area contributed by atoms with Crippen LogP contribution in [0.5, 0.6) is 5.75 Å². The smallest absolute Gasteiger partial charge is 0.418 e. The molecule has 6 heteroatoms. The molecule has 0 atom stereocenters. The molecule has 2 aromatic carbocycles. The van der Waals surface area contributed by atoms with Gasteiger partial charge in [0.15, 0.2) is 0 Å². The topological polar surface area (TPSA) is 46.0 Å². The molecule has 21 heavy (non-hydrogen) atoms. The number of phenolic OH excluding ortho intramolecular Hbond substituents is 1. The third kappa shape index (κ3) is 2.40. The fraction of sp³-hybridized carbons (Fsp3) is 0.0667. The molecule has 0 radical (unpaired) electrons. The standard InChI is InChI=1S/C15H9F3N2O/c16-15(17,18)13-6-2-5-11-12(8-19-20-14(11)13)9-3-1-4-10(21)7-9/h1-8,21H. The number of halogens is 3. The zero-order valence-electron chi connectivity index (χ0n) is 10.6. The molecular formula is C15H9F3N2O. The first-order chi connectivity index (χ1) is 9.97. The number of hydrogen-bond acceptors (Lipinski definition) is 3. The van der Waals surface area contributed by atoms with E-state index in [1.54, 1.807) is 18.2 Å². The van der Waals surface area contributed by atoms with Gasteiger partial charge in [0, 0.05) is 10.9 Å². The van der Waals surface area contributed by atoms with E-state index in [1.165, 1.54) is 24.4 Å². The molecule has 0 fully saturated rings. The maximum Gasteiger partial charge on any atom is 0.418 e. The summed E-state index contributed by atoms with van der Waals surface area (Å²) in [6, 6.07) is 10.1. The molecule has 0 spiro atoms. The lowest BCUT2D eigenvalue weighted by Gasteiger charge is -2.11. The molecule has 0 saturated heterocycles. The molecule has 0 unspecified atom stereocenters. The molecule has 1 aromatic heterocycles. The average molecular weight is 290 g/mol. The minimum atomic E-state index is -4.49. The molecule has 0 aliphatic rings. The highest BCUT2D eigenvalue weighted by atomic mass is 19.4. The predicted octanol–water partition coefficient (Wildman–Crippen LogP) is 4.02. The third-order valence-corrected chi connectivity index (χ3v) is 3.13. The van der Waals surface area contributed by atoms with E-state index in [9.17, 15) is 18.3 Å². The number of hydrogen-bond donors (Lipinski definition) is 1. The van der Waals surface area contributed by atoms with E-state index in [0.29, 0.717) is 16.5 Å². The highest BCUT2D eigenvalue weighted by molar-refractivity contribution is 5.95. The van der Waals surface area contributed by atoms with Crippen molar-refractivity contribution in [2.45, 2.75) is 6.18 Å². The van der Waals surface area contributed by atoms with Gasteiger partial charge in [-0.05, 0) is 23.8 Å². The van der Waals surface area contributed by atoms with Crippen LogP contribution in [0.2, 0.25) is 0 Å². The molecule has 0 amide bonds. The highest BCUT2D eigenvalue weighted by Gasteiger charge is 2.33. The lowest BCUT2D eigenvalue weighted by molar-refractivity contribution is -0.136. The van der Waals surface area contributed by atoms with Crippen LogP contribution in [0.4, 0.5) is 13.2 Å². The minimum absolute atomic E-state index is 0.0319. The zero-order chi connectivity index (χ0) is 15.0. The Morgan fingerprint density at radius 1 is 1.00 bits per heavy atom. The minimum Gasteiger partial charge on any atom is -0.508 e. The van der Waals surface area contributed by atoms with Crippen molar-refractivity contribution in [2.24, 2.45) is 0 Å². The van der Waals surface area contributed by atoms with Crippen LogP contribution in [0.1, 0.15) is 5.56 Å². The van der Waals surface area contributed by atoms with Crippen LogP contribution in [0.25, 0.3) is 22.0 Å². The molecular weight excluding hydrogens is 281 g/mol. The first-order valence-corrected chi connectivity index (χ1v) is 6.08. The quantitative estimate of drug-likeness (QED) is 0.736. The van der Waals surface area contributed by atoms with Crippen LogP contribution >= 0.6 is 0 Å². The fourth-order valence-corrected chi connectivity index (χ4v) is 2.21. The molecule has 106 valence electrons. The summed E-state index contributed by atoms with van der Waals surface area (Å²) in [5.41, 5.74) is 0.0385. The van der Waals surface area contributed by atoms with Gasteiger partial charge in [0.25, 0.3) is 0 Å². The van der Waals surface area contributed by atoms with Crippen LogP contribution in [0.15, 0.2) is 48.7 Å². The van der Waals surface area contributed by atoms with Crippen LogP contribution in [-0.2, 0) is 6.18 Å². The van der Waals surface area contributed by atoms with Crippen molar-refractivity contribution < 1.29 is 18.3 Å². The second-order valence-electron chi connectivity index (χ2n) is 4.51. The van der Waals surface area contributed by atoms with Crippen LogP contribution in [-0.4, -0.2) is 15.3 Å². The van der Waals surface area contributed by atoms with Gasteiger partial charge in [-0.2, -0.15) is 18.3 Å². The first kappa shape index (κ1) is 13.4. The Balaban J connectivity index is 2.31. The van der Waals surface area contributed by atoms with Gasteiger partial charge < -0.3 is 5.11 Å². The Kier molecular flexibility index (Phi) is 3.01. The molecule has 1 heterocycles. The SMILES string of the molecule is Oc1cccc(-c2cnnc3c(C(F)(F)F)cccc23)c1. The monoisotopic (exact) mass is 290 g/mol. The molecule has 0 aliphatic heterocycles. The zero-order valence-corrected chi connectivity index (χ0v) is 10.6. The number of aromatic hydroxyl groups is 1. The summed E-state index contributed by atoms with van der Waals surface area (Å²) >= 11 is 0. The van der Waals surface area contributed by atoms with Gasteiger partial charge in [0.1, 0.15) is 11.3 Å². The van der Waals surface area contributed by atoms with E-state index in [1.807, 2.05) is 0 Å². The number of benzene rings is 2. The van der Waals surface area contributed by atoms with Gasteiger partial charge in [-0.25, -0.2) is 0 Å². The van der Waals surface area contributed by atoms with Crippen molar-refractivity contribution in [3.05, 3.63) is 54.2 Å². The number of alkyl halides is 3. The van der Waals surface area contributed by atoms with E-state index in [0.717, 1.165) is 6.07 Å². The summed E-state index contributed by atoms with van der Waals surface area (Å²) < 4.78 is 39.0. The predicted molar refractivity (Wildman–Crippen MR) is 71.6 cm³/mol. The van der Waals surface area contributed by atoms with Crippen molar-refractivity contribution in [3.63, 3.8) is 0 Å². The summed E-state index contributed by atoms with van der Waals surface area (Å²) in [4.78, 5) is 0. The second-order valence-corrected chi connectivity index (χ2v) is 4.51. The Hall–Kier alpha value is -2.63. The van der Waals surface area contributed by atoms with Crippen molar-refractivity contribution >= 4 is 10.9 Å². The van der Waals surface area contributed by atoms with E-state index in [2.05, 4.69) is 10.2 Å². The van der Waals surface area contributed by atoms with Gasteiger partial charge in [0.05, 0.1) is 11.8 Å². The molecule has 1 N–H and O–H groups in total. The van der Waals surface area contributed by atoms with Gasteiger partial charge >= 0.3 is 6.18 Å².